The van der Waals surface area contributed by atoms with E-state index in [2.05, 4.69) is 5.32 Å². The van der Waals surface area contributed by atoms with Gasteiger partial charge in [0.25, 0.3) is 0 Å². The first-order valence-electron chi connectivity index (χ1n) is 6.40. The van der Waals surface area contributed by atoms with Crippen LogP contribution in [0.25, 0.3) is 0 Å². The molecule has 0 radical (unpaired) electrons. The van der Waals surface area contributed by atoms with Crippen molar-refractivity contribution < 1.29 is 19.1 Å². The number of hydrogen-bond acceptors (Lipinski definition) is 4. The second kappa shape index (κ2) is 6.77. The van der Waals surface area contributed by atoms with Crippen LogP contribution in [0.5, 0.6) is 5.75 Å². The van der Waals surface area contributed by atoms with Crippen LogP contribution in [-0.4, -0.2) is 24.2 Å². The Morgan fingerprint density at radius 3 is 2.95 bits per heavy atom. The maximum atomic E-state index is 10.8. The molecule has 0 aliphatic rings. The molecule has 2 N–H and O–H groups in total. The van der Waals surface area contributed by atoms with Crippen LogP contribution in [0.4, 0.5) is 0 Å². The third kappa shape index (κ3) is 3.86. The highest BCUT2D eigenvalue weighted by molar-refractivity contribution is 5.87. The van der Waals surface area contributed by atoms with E-state index in [1.165, 1.54) is 12.1 Å². The number of furan rings is 1. The molecule has 1 unspecified atom stereocenters. The molecule has 0 aliphatic heterocycles. The van der Waals surface area contributed by atoms with Crippen LogP contribution >= 0.6 is 0 Å². The van der Waals surface area contributed by atoms with E-state index in [0.717, 1.165) is 5.76 Å². The number of rotatable bonds is 7. The number of carboxylic acids is 1. The normalized spacial score (nSPS) is 12.1. The number of benzene rings is 1. The Morgan fingerprint density at radius 1 is 1.40 bits per heavy atom. The maximum Gasteiger partial charge on any atom is 0.335 e. The Labute approximate surface area is 117 Å². The van der Waals surface area contributed by atoms with Gasteiger partial charge in [-0.3, -0.25) is 0 Å². The second-order valence-electron chi connectivity index (χ2n) is 4.37. The van der Waals surface area contributed by atoms with Crippen LogP contribution in [-0.2, 0) is 0 Å². The molecule has 5 nitrogen and oxygen atoms in total. The van der Waals surface area contributed by atoms with Crippen LogP contribution < -0.4 is 10.1 Å². The van der Waals surface area contributed by atoms with Gasteiger partial charge in [0.2, 0.25) is 0 Å². The Hall–Kier alpha value is -2.27. The van der Waals surface area contributed by atoms with Crippen molar-refractivity contribution in [1.29, 1.82) is 0 Å². The van der Waals surface area contributed by atoms with Crippen LogP contribution in [0.15, 0.2) is 47.1 Å². The molecule has 20 heavy (non-hydrogen) atoms. The fraction of sp³-hybridized carbons (Fsp3) is 0.267. The van der Waals surface area contributed by atoms with Gasteiger partial charge in [-0.15, -0.1) is 0 Å². The van der Waals surface area contributed by atoms with Crippen molar-refractivity contribution >= 4 is 5.97 Å². The SMILES string of the molecule is CC(NCCOc1cccc(C(=O)O)c1)c1ccco1. The number of hydrogen-bond donors (Lipinski definition) is 2. The van der Waals surface area contributed by atoms with Gasteiger partial charge in [0.05, 0.1) is 17.9 Å². The lowest BCUT2D eigenvalue weighted by molar-refractivity contribution is 0.0696. The van der Waals surface area contributed by atoms with Crippen molar-refractivity contribution in [3.8, 4) is 5.75 Å². The average molecular weight is 275 g/mol. The summed E-state index contributed by atoms with van der Waals surface area (Å²) in [5.41, 5.74) is 0.222. The van der Waals surface area contributed by atoms with E-state index in [4.69, 9.17) is 14.3 Å². The minimum absolute atomic E-state index is 0.110. The largest absolute Gasteiger partial charge is 0.492 e. The fourth-order valence-electron chi connectivity index (χ4n) is 1.80. The van der Waals surface area contributed by atoms with Crippen molar-refractivity contribution in [1.82, 2.24) is 5.32 Å². The lowest BCUT2D eigenvalue weighted by atomic mass is 10.2. The average Bonchev–Trinajstić information content (AvgIpc) is 2.98. The molecule has 1 aromatic heterocycles. The molecule has 0 aliphatic carbocycles. The molecular formula is C15H17NO4. The molecule has 0 saturated heterocycles. The quantitative estimate of drug-likeness (QED) is 0.760. The Morgan fingerprint density at radius 2 is 2.25 bits per heavy atom. The molecular weight excluding hydrogens is 258 g/mol. The summed E-state index contributed by atoms with van der Waals surface area (Å²) in [7, 11) is 0. The summed E-state index contributed by atoms with van der Waals surface area (Å²) in [6.45, 7) is 3.09. The lowest BCUT2D eigenvalue weighted by Gasteiger charge is -2.12. The van der Waals surface area contributed by atoms with E-state index in [1.54, 1.807) is 18.4 Å². The molecule has 106 valence electrons. The van der Waals surface area contributed by atoms with E-state index < -0.39 is 5.97 Å². The molecule has 5 heteroatoms. The summed E-state index contributed by atoms with van der Waals surface area (Å²) in [5.74, 6) is 0.468. The van der Waals surface area contributed by atoms with Crippen molar-refractivity contribution in [3.05, 3.63) is 54.0 Å². The predicted octanol–water partition coefficient (Wildman–Crippen LogP) is 2.71. The summed E-state index contributed by atoms with van der Waals surface area (Å²) < 4.78 is 10.8. The highest BCUT2D eigenvalue weighted by Gasteiger charge is 2.07. The first-order chi connectivity index (χ1) is 9.66. The molecule has 1 heterocycles. The summed E-state index contributed by atoms with van der Waals surface area (Å²) >= 11 is 0. The predicted molar refractivity (Wildman–Crippen MR) is 74.0 cm³/mol. The molecule has 0 fully saturated rings. The number of aromatic carboxylic acids is 1. The third-order valence-electron chi connectivity index (χ3n) is 2.87. The summed E-state index contributed by atoms with van der Waals surface area (Å²) in [6, 6.07) is 10.3. The minimum atomic E-state index is -0.958. The van der Waals surface area contributed by atoms with Crippen molar-refractivity contribution in [2.24, 2.45) is 0 Å². The van der Waals surface area contributed by atoms with E-state index in [1.807, 2.05) is 19.1 Å². The first kappa shape index (κ1) is 14.1. The Kier molecular flexibility index (Phi) is 4.79. The van der Waals surface area contributed by atoms with Crippen molar-refractivity contribution in [2.45, 2.75) is 13.0 Å². The van der Waals surface area contributed by atoms with Gasteiger partial charge < -0.3 is 19.6 Å². The van der Waals surface area contributed by atoms with E-state index in [-0.39, 0.29) is 11.6 Å². The highest BCUT2D eigenvalue weighted by atomic mass is 16.5. The molecule has 0 bridgehead atoms. The maximum absolute atomic E-state index is 10.8. The fourth-order valence-corrected chi connectivity index (χ4v) is 1.80. The van der Waals surface area contributed by atoms with Crippen LogP contribution in [0.2, 0.25) is 0 Å². The molecule has 2 rings (SSSR count). The van der Waals surface area contributed by atoms with Crippen LogP contribution in [0.1, 0.15) is 29.1 Å². The van der Waals surface area contributed by atoms with E-state index in [9.17, 15) is 4.79 Å². The zero-order chi connectivity index (χ0) is 14.4. The van der Waals surface area contributed by atoms with Crippen molar-refractivity contribution in [3.63, 3.8) is 0 Å². The zero-order valence-electron chi connectivity index (χ0n) is 11.2. The summed E-state index contributed by atoms with van der Waals surface area (Å²) in [6.07, 6.45) is 1.64. The standard InChI is InChI=1S/C15H17NO4/c1-11(14-6-3-8-20-14)16-7-9-19-13-5-2-4-12(10-13)15(17)18/h2-6,8,10-11,16H,7,9H2,1H3,(H,17,18). The van der Waals surface area contributed by atoms with Gasteiger partial charge in [-0.05, 0) is 37.3 Å². The number of nitrogens with one attached hydrogen (secondary N) is 1. The molecule has 0 spiro atoms. The van der Waals surface area contributed by atoms with Gasteiger partial charge in [-0.25, -0.2) is 4.79 Å². The van der Waals surface area contributed by atoms with E-state index in [0.29, 0.717) is 18.9 Å². The smallest absolute Gasteiger partial charge is 0.335 e. The minimum Gasteiger partial charge on any atom is -0.492 e. The molecule has 0 amide bonds. The Bertz CT molecular complexity index is 551. The zero-order valence-corrected chi connectivity index (χ0v) is 11.2. The monoisotopic (exact) mass is 275 g/mol. The molecule has 2 aromatic rings. The summed E-state index contributed by atoms with van der Waals surface area (Å²) in [4.78, 5) is 10.8. The van der Waals surface area contributed by atoms with Crippen LogP contribution in [0.3, 0.4) is 0 Å². The molecule has 1 atom stereocenters. The van der Waals surface area contributed by atoms with Gasteiger partial charge in [0.1, 0.15) is 18.1 Å². The van der Waals surface area contributed by atoms with Gasteiger partial charge in [-0.1, -0.05) is 6.07 Å². The van der Waals surface area contributed by atoms with Crippen molar-refractivity contribution in [2.75, 3.05) is 13.2 Å². The van der Waals surface area contributed by atoms with Gasteiger partial charge in [-0.2, -0.15) is 0 Å². The third-order valence-corrected chi connectivity index (χ3v) is 2.87. The first-order valence-corrected chi connectivity index (χ1v) is 6.40. The van der Waals surface area contributed by atoms with E-state index >= 15 is 0 Å². The number of ether oxygens (including phenoxy) is 1. The van der Waals surface area contributed by atoms with Crippen LogP contribution in [0, 0.1) is 0 Å². The molecule has 1 aromatic carbocycles. The highest BCUT2D eigenvalue weighted by Crippen LogP contribution is 2.14. The number of carboxylic acid groups (broad SMARTS) is 1. The molecule has 0 saturated carbocycles. The van der Waals surface area contributed by atoms with Gasteiger partial charge in [0.15, 0.2) is 0 Å². The second-order valence-corrected chi connectivity index (χ2v) is 4.37. The van der Waals surface area contributed by atoms with Gasteiger partial charge in [0, 0.05) is 6.54 Å². The Balaban J connectivity index is 1.76. The summed E-state index contributed by atoms with van der Waals surface area (Å²) in [5, 5.41) is 12.1. The topological polar surface area (TPSA) is 71.7 Å². The number of carbonyl (C=O) groups is 1. The lowest BCUT2D eigenvalue weighted by Crippen LogP contribution is -2.24. The van der Waals surface area contributed by atoms with Gasteiger partial charge >= 0.3 is 5.97 Å².